The maximum Gasteiger partial charge on any atom is 0.247 e. The number of fused-ring (bicyclic) bond motifs is 2. The summed E-state index contributed by atoms with van der Waals surface area (Å²) in [7, 11) is 0. The van der Waals surface area contributed by atoms with Gasteiger partial charge in [0.2, 0.25) is 11.8 Å². The molecule has 188 valence electrons. The molecule has 7 nitrogen and oxygen atoms in total. The number of amides is 2. The van der Waals surface area contributed by atoms with Gasteiger partial charge in [0.05, 0.1) is 11.2 Å². The standard InChI is InChI=1S/C29H21FN4O3S/c30-19-5-7-20(8-6-19)34(28(36)29(14-15-29)27(31)35)21-9-11-22(12-10-21)37-25-13-16-32-24-17-18-3-1-2-4-23(18)33-26(24)38-25/h1-13,16-17H,14-15H2,(H2,31,35). The van der Waals surface area contributed by atoms with Gasteiger partial charge < -0.3 is 10.5 Å². The highest BCUT2D eigenvalue weighted by Gasteiger charge is 2.57. The number of thioether (sulfide) groups is 1. The van der Waals surface area contributed by atoms with E-state index in [9.17, 15) is 14.0 Å². The zero-order chi connectivity index (χ0) is 26.3. The molecule has 1 aliphatic heterocycles. The Labute approximate surface area is 221 Å². The number of rotatable bonds is 6. The fraction of sp³-hybridized carbons (Fsp3) is 0.103. The van der Waals surface area contributed by atoms with Gasteiger partial charge in [-0.05, 0) is 85.3 Å². The Kier molecular flexibility index (Phi) is 5.92. The molecule has 9 heteroatoms. The number of ether oxygens (including phenoxy) is 1. The van der Waals surface area contributed by atoms with E-state index in [1.165, 1.54) is 40.9 Å². The molecular weight excluding hydrogens is 503 g/mol. The van der Waals surface area contributed by atoms with Gasteiger partial charge in [-0.15, -0.1) is 0 Å². The summed E-state index contributed by atoms with van der Waals surface area (Å²) in [6.45, 7) is 0. The van der Waals surface area contributed by atoms with Crippen LogP contribution < -0.4 is 15.4 Å². The topological polar surface area (TPSA) is 97.9 Å². The first kappa shape index (κ1) is 23.9. The van der Waals surface area contributed by atoms with Crippen molar-refractivity contribution in [1.82, 2.24) is 4.98 Å². The molecule has 1 aromatic heterocycles. The largest absolute Gasteiger partial charge is 0.450 e. The maximum absolute atomic E-state index is 13.6. The van der Waals surface area contributed by atoms with Gasteiger partial charge in [0.1, 0.15) is 22.0 Å². The lowest BCUT2D eigenvalue weighted by molar-refractivity contribution is -0.133. The molecule has 0 bridgehead atoms. The fourth-order valence-electron chi connectivity index (χ4n) is 4.28. The van der Waals surface area contributed by atoms with E-state index >= 15 is 0 Å². The molecule has 2 amide bonds. The van der Waals surface area contributed by atoms with Crippen molar-refractivity contribution in [1.29, 1.82) is 0 Å². The van der Waals surface area contributed by atoms with Crippen molar-refractivity contribution in [3.8, 4) is 5.75 Å². The van der Waals surface area contributed by atoms with E-state index in [1.54, 1.807) is 36.6 Å². The molecule has 0 atom stereocenters. The third-order valence-corrected chi connectivity index (χ3v) is 7.44. The van der Waals surface area contributed by atoms with Crippen molar-refractivity contribution in [2.45, 2.75) is 17.9 Å². The van der Waals surface area contributed by atoms with Crippen LogP contribution in [0.15, 0.2) is 100 Å². The molecule has 0 radical (unpaired) electrons. The Morgan fingerprint density at radius 3 is 2.34 bits per heavy atom. The monoisotopic (exact) mass is 524 g/mol. The predicted octanol–water partition coefficient (Wildman–Crippen LogP) is 6.03. The van der Waals surface area contributed by atoms with Crippen LogP contribution in [0.4, 0.5) is 21.5 Å². The summed E-state index contributed by atoms with van der Waals surface area (Å²) >= 11 is 1.37. The molecule has 0 unspecified atom stereocenters. The highest BCUT2D eigenvalue weighted by Crippen LogP contribution is 2.49. The number of hydrogen-bond acceptors (Lipinski definition) is 6. The van der Waals surface area contributed by atoms with Crippen molar-refractivity contribution < 1.29 is 18.7 Å². The normalized spacial score (nSPS) is 15.2. The zero-order valence-corrected chi connectivity index (χ0v) is 20.8. The number of halogens is 1. The van der Waals surface area contributed by atoms with Crippen molar-refractivity contribution in [2.75, 3.05) is 4.90 Å². The zero-order valence-electron chi connectivity index (χ0n) is 20.0. The summed E-state index contributed by atoms with van der Waals surface area (Å²) in [6.07, 6.45) is 4.21. The number of aromatic nitrogens is 1. The van der Waals surface area contributed by atoms with Crippen LogP contribution in [0.25, 0.3) is 10.9 Å². The number of para-hydroxylation sites is 1. The fourth-order valence-corrected chi connectivity index (χ4v) is 5.09. The summed E-state index contributed by atoms with van der Waals surface area (Å²) in [4.78, 5) is 36.2. The average molecular weight is 525 g/mol. The minimum Gasteiger partial charge on any atom is -0.450 e. The number of anilines is 2. The predicted molar refractivity (Wildman–Crippen MR) is 145 cm³/mol. The number of allylic oxidation sites excluding steroid dienone is 1. The average Bonchev–Trinajstić information content (AvgIpc) is 3.75. The lowest BCUT2D eigenvalue weighted by Gasteiger charge is -2.26. The molecule has 2 aliphatic rings. The van der Waals surface area contributed by atoms with Gasteiger partial charge in [0, 0.05) is 29.1 Å². The van der Waals surface area contributed by atoms with E-state index in [0.29, 0.717) is 35.1 Å². The van der Waals surface area contributed by atoms with Gasteiger partial charge >= 0.3 is 0 Å². The molecule has 1 fully saturated rings. The second-order valence-electron chi connectivity index (χ2n) is 9.03. The van der Waals surface area contributed by atoms with Crippen LogP contribution in [0.5, 0.6) is 5.75 Å². The number of primary amides is 1. The summed E-state index contributed by atoms with van der Waals surface area (Å²) in [5, 5.41) is 2.32. The Bertz CT molecular complexity index is 1630. The SMILES string of the molecule is NC(=O)C1(C(=O)N(c2ccc(F)cc2)c2ccc(OC3=CC=Nc4cc5ccccc5nc4S3)cc2)CC1. The molecule has 0 saturated heterocycles. The second kappa shape index (κ2) is 9.42. The smallest absolute Gasteiger partial charge is 0.247 e. The van der Waals surface area contributed by atoms with Gasteiger partial charge in [-0.25, -0.2) is 9.37 Å². The van der Waals surface area contributed by atoms with E-state index in [-0.39, 0.29) is 0 Å². The summed E-state index contributed by atoms with van der Waals surface area (Å²) in [5.41, 5.74) is 6.90. The highest BCUT2D eigenvalue weighted by molar-refractivity contribution is 8.03. The van der Waals surface area contributed by atoms with E-state index < -0.39 is 23.0 Å². The van der Waals surface area contributed by atoms with Crippen LogP contribution in [0.1, 0.15) is 12.8 Å². The molecule has 1 aliphatic carbocycles. The maximum atomic E-state index is 13.6. The number of nitrogens with zero attached hydrogens (tertiary/aromatic N) is 3. The number of benzene rings is 3. The minimum atomic E-state index is -1.24. The van der Waals surface area contributed by atoms with Gasteiger partial charge in [0.25, 0.3) is 0 Å². The molecule has 3 aromatic carbocycles. The highest BCUT2D eigenvalue weighted by atomic mass is 32.2. The summed E-state index contributed by atoms with van der Waals surface area (Å²) in [5.74, 6) is -0.982. The lowest BCUT2D eigenvalue weighted by atomic mass is 10.0. The van der Waals surface area contributed by atoms with Gasteiger partial charge in [0.15, 0.2) is 5.09 Å². The summed E-state index contributed by atoms with van der Waals surface area (Å²) < 4.78 is 19.7. The van der Waals surface area contributed by atoms with Crippen LogP contribution in [-0.4, -0.2) is 23.0 Å². The number of nitrogens with two attached hydrogens (primary N) is 1. The van der Waals surface area contributed by atoms with Crippen LogP contribution in [0, 0.1) is 11.2 Å². The Morgan fingerprint density at radius 1 is 0.974 bits per heavy atom. The van der Waals surface area contributed by atoms with Crippen LogP contribution in [-0.2, 0) is 9.59 Å². The molecule has 2 heterocycles. The lowest BCUT2D eigenvalue weighted by Crippen LogP contribution is -2.41. The quantitative estimate of drug-likeness (QED) is 0.311. The second-order valence-corrected chi connectivity index (χ2v) is 10.0. The van der Waals surface area contributed by atoms with Gasteiger partial charge in [-0.2, -0.15) is 0 Å². The number of carbonyl (C=O) groups excluding carboxylic acids is 2. The van der Waals surface area contributed by atoms with Crippen LogP contribution in [0.3, 0.4) is 0 Å². The molecule has 0 spiro atoms. The third kappa shape index (κ3) is 4.41. The summed E-state index contributed by atoms with van der Waals surface area (Å²) in [6, 6.07) is 22.2. The minimum absolute atomic E-state index is 0.387. The first-order valence-electron chi connectivity index (χ1n) is 11.9. The van der Waals surface area contributed by atoms with E-state index in [1.807, 2.05) is 30.3 Å². The first-order chi connectivity index (χ1) is 18.4. The third-order valence-electron chi connectivity index (χ3n) is 6.52. The molecule has 2 N–H and O–H groups in total. The van der Waals surface area contributed by atoms with E-state index in [4.69, 9.17) is 15.5 Å². The Hall–Kier alpha value is -4.50. The number of hydrogen-bond donors (Lipinski definition) is 1. The molecule has 6 rings (SSSR count). The van der Waals surface area contributed by atoms with Crippen LogP contribution in [0.2, 0.25) is 0 Å². The molecular formula is C29H21FN4O3S. The van der Waals surface area contributed by atoms with Gasteiger partial charge in [-0.3, -0.25) is 19.5 Å². The van der Waals surface area contributed by atoms with Crippen LogP contribution >= 0.6 is 11.8 Å². The Morgan fingerprint density at radius 2 is 1.66 bits per heavy atom. The van der Waals surface area contributed by atoms with Crippen molar-refractivity contribution >= 4 is 57.8 Å². The van der Waals surface area contributed by atoms with Crippen molar-refractivity contribution in [3.05, 3.63) is 95.8 Å². The number of carbonyl (C=O) groups is 2. The molecule has 1 saturated carbocycles. The molecule has 38 heavy (non-hydrogen) atoms. The van der Waals surface area contributed by atoms with Gasteiger partial charge in [-0.1, -0.05) is 18.2 Å². The Balaban J connectivity index is 1.26. The van der Waals surface area contributed by atoms with E-state index in [0.717, 1.165) is 21.6 Å². The number of aliphatic imine (C=N–C) groups is 1. The van der Waals surface area contributed by atoms with Crippen molar-refractivity contribution in [3.63, 3.8) is 0 Å². The molecule has 4 aromatic rings. The number of pyridine rings is 1. The first-order valence-corrected chi connectivity index (χ1v) is 12.7. The van der Waals surface area contributed by atoms with Crippen molar-refractivity contribution in [2.24, 2.45) is 16.1 Å². The van der Waals surface area contributed by atoms with E-state index in [2.05, 4.69) is 4.99 Å².